The van der Waals surface area contributed by atoms with Gasteiger partial charge in [0.15, 0.2) is 0 Å². The van der Waals surface area contributed by atoms with Crippen molar-refractivity contribution in [3.8, 4) is 0 Å². The number of aliphatic carboxylic acids is 1. The van der Waals surface area contributed by atoms with E-state index in [9.17, 15) is 4.79 Å². The number of nitrogens with one attached hydrogen (secondary N) is 1. The van der Waals surface area contributed by atoms with Gasteiger partial charge in [0.2, 0.25) is 0 Å². The van der Waals surface area contributed by atoms with Crippen LogP contribution in [0.4, 0.5) is 0 Å². The van der Waals surface area contributed by atoms with Crippen LogP contribution in [0.2, 0.25) is 0 Å². The number of likely N-dealkylation sites (N-methyl/N-ethyl adjacent to an activating group) is 1. The third kappa shape index (κ3) is 1.76. The van der Waals surface area contributed by atoms with Gasteiger partial charge in [0.1, 0.15) is 12.4 Å². The van der Waals surface area contributed by atoms with Gasteiger partial charge in [-0.1, -0.05) is 0 Å². The van der Waals surface area contributed by atoms with E-state index in [4.69, 9.17) is 5.11 Å². The summed E-state index contributed by atoms with van der Waals surface area (Å²) in [6.07, 6.45) is 2.83. The molecule has 5 heteroatoms. The van der Waals surface area contributed by atoms with E-state index in [0.29, 0.717) is 5.69 Å². The van der Waals surface area contributed by atoms with Crippen LogP contribution in [0.3, 0.4) is 0 Å². The number of carboxylic acids is 1. The highest BCUT2D eigenvalue weighted by molar-refractivity contribution is 5.74. The topological polar surface area (TPSA) is 75.1 Å². The van der Waals surface area contributed by atoms with Gasteiger partial charge in [-0.15, -0.1) is 0 Å². The Morgan fingerprint density at radius 2 is 2.50 bits per heavy atom. The Morgan fingerprint density at radius 3 is 2.92 bits per heavy atom. The minimum atomic E-state index is -0.948. The molecule has 0 spiro atoms. The fourth-order valence-corrected chi connectivity index (χ4v) is 0.870. The number of hydrogen-bond acceptors (Lipinski definition) is 4. The van der Waals surface area contributed by atoms with Gasteiger partial charge in [-0.2, -0.15) is 0 Å². The molecule has 0 aliphatic carbocycles. The predicted molar refractivity (Wildman–Crippen MR) is 41.5 cm³/mol. The summed E-state index contributed by atoms with van der Waals surface area (Å²) in [5.74, 6) is -0.948. The van der Waals surface area contributed by atoms with Gasteiger partial charge in [-0.3, -0.25) is 4.79 Å². The zero-order valence-electron chi connectivity index (χ0n) is 6.56. The van der Waals surface area contributed by atoms with Crippen LogP contribution in [-0.4, -0.2) is 28.1 Å². The van der Waals surface area contributed by atoms with Crippen LogP contribution < -0.4 is 5.32 Å². The highest BCUT2D eigenvalue weighted by Gasteiger charge is 2.17. The molecule has 5 nitrogen and oxygen atoms in total. The van der Waals surface area contributed by atoms with E-state index in [2.05, 4.69) is 15.3 Å². The van der Waals surface area contributed by atoms with E-state index >= 15 is 0 Å². The first-order valence-corrected chi connectivity index (χ1v) is 3.41. The van der Waals surface area contributed by atoms with E-state index in [1.165, 1.54) is 12.5 Å². The molecule has 1 unspecified atom stereocenters. The van der Waals surface area contributed by atoms with E-state index in [0.717, 1.165) is 0 Å². The first kappa shape index (κ1) is 8.61. The summed E-state index contributed by atoms with van der Waals surface area (Å²) < 4.78 is 0. The van der Waals surface area contributed by atoms with Crippen LogP contribution in [0.15, 0.2) is 18.6 Å². The molecular formula is C7H9N3O2. The summed E-state index contributed by atoms with van der Waals surface area (Å²) in [5, 5.41) is 11.3. The molecule has 1 atom stereocenters. The van der Waals surface area contributed by atoms with Gasteiger partial charge in [0, 0.05) is 6.20 Å². The Labute approximate surface area is 69.5 Å². The third-order valence-electron chi connectivity index (χ3n) is 1.44. The molecule has 0 amide bonds. The van der Waals surface area contributed by atoms with Crippen molar-refractivity contribution in [1.82, 2.24) is 15.3 Å². The summed E-state index contributed by atoms with van der Waals surface area (Å²) in [6.45, 7) is 0. The highest BCUT2D eigenvalue weighted by Crippen LogP contribution is 2.06. The molecule has 0 fully saturated rings. The molecule has 1 heterocycles. The second-order valence-corrected chi connectivity index (χ2v) is 2.19. The van der Waals surface area contributed by atoms with E-state index in [1.54, 1.807) is 13.1 Å². The van der Waals surface area contributed by atoms with E-state index in [1.807, 2.05) is 0 Å². The number of hydrogen-bond donors (Lipinski definition) is 2. The van der Waals surface area contributed by atoms with E-state index in [-0.39, 0.29) is 0 Å². The maximum atomic E-state index is 10.6. The molecule has 0 aliphatic heterocycles. The van der Waals surface area contributed by atoms with Gasteiger partial charge in [-0.25, -0.2) is 9.97 Å². The lowest BCUT2D eigenvalue weighted by molar-refractivity contribution is -0.139. The molecule has 0 bridgehead atoms. The zero-order valence-corrected chi connectivity index (χ0v) is 6.56. The number of carbonyl (C=O) groups is 1. The molecule has 1 aromatic heterocycles. The van der Waals surface area contributed by atoms with Gasteiger partial charge in [0.05, 0.1) is 5.69 Å². The third-order valence-corrected chi connectivity index (χ3v) is 1.44. The molecule has 0 radical (unpaired) electrons. The Hall–Kier alpha value is -1.49. The number of nitrogens with zero attached hydrogens (tertiary/aromatic N) is 2. The van der Waals surface area contributed by atoms with Crippen LogP contribution >= 0.6 is 0 Å². The normalized spacial score (nSPS) is 12.4. The van der Waals surface area contributed by atoms with Crippen LogP contribution in [0, 0.1) is 0 Å². The Balaban J connectivity index is 2.88. The lowest BCUT2D eigenvalue weighted by atomic mass is 10.2. The van der Waals surface area contributed by atoms with Crippen molar-refractivity contribution < 1.29 is 9.90 Å². The first-order chi connectivity index (χ1) is 5.75. The van der Waals surface area contributed by atoms with Crippen LogP contribution in [0.5, 0.6) is 0 Å². The second-order valence-electron chi connectivity index (χ2n) is 2.19. The van der Waals surface area contributed by atoms with Crippen LogP contribution in [-0.2, 0) is 4.79 Å². The summed E-state index contributed by atoms with van der Waals surface area (Å²) in [4.78, 5) is 18.1. The molecular weight excluding hydrogens is 158 g/mol. The number of aromatic nitrogens is 2. The van der Waals surface area contributed by atoms with Crippen molar-refractivity contribution in [2.75, 3.05) is 7.05 Å². The molecule has 12 heavy (non-hydrogen) atoms. The monoisotopic (exact) mass is 167 g/mol. The lowest BCUT2D eigenvalue weighted by Gasteiger charge is -2.08. The van der Waals surface area contributed by atoms with Crippen molar-refractivity contribution >= 4 is 5.97 Å². The Bertz CT molecular complexity index is 263. The molecule has 2 N–H and O–H groups in total. The average molecular weight is 167 g/mol. The maximum absolute atomic E-state index is 10.6. The minimum Gasteiger partial charge on any atom is -0.480 e. The largest absolute Gasteiger partial charge is 0.480 e. The second kappa shape index (κ2) is 3.77. The van der Waals surface area contributed by atoms with Gasteiger partial charge in [-0.05, 0) is 13.1 Å². The standard InChI is InChI=1S/C7H9N3O2/c1-8-6(7(11)12)5-2-3-9-4-10-5/h2-4,6,8H,1H3,(H,11,12). The smallest absolute Gasteiger partial charge is 0.326 e. The van der Waals surface area contributed by atoms with Crippen molar-refractivity contribution in [2.45, 2.75) is 6.04 Å². The van der Waals surface area contributed by atoms with Crippen molar-refractivity contribution in [1.29, 1.82) is 0 Å². The van der Waals surface area contributed by atoms with Crippen LogP contribution in [0.25, 0.3) is 0 Å². The molecule has 64 valence electrons. The molecule has 0 saturated carbocycles. The molecule has 0 aromatic carbocycles. The molecule has 0 aliphatic rings. The fourth-order valence-electron chi connectivity index (χ4n) is 0.870. The first-order valence-electron chi connectivity index (χ1n) is 3.41. The Morgan fingerprint density at radius 1 is 1.75 bits per heavy atom. The average Bonchev–Trinajstić information content (AvgIpc) is 2.07. The quantitative estimate of drug-likeness (QED) is 0.653. The summed E-state index contributed by atoms with van der Waals surface area (Å²) in [7, 11) is 1.57. The van der Waals surface area contributed by atoms with Crippen molar-refractivity contribution in [3.05, 3.63) is 24.3 Å². The van der Waals surface area contributed by atoms with E-state index < -0.39 is 12.0 Å². The molecule has 1 aromatic rings. The number of carboxylic acid groups (broad SMARTS) is 1. The van der Waals surface area contributed by atoms with Gasteiger partial charge >= 0.3 is 5.97 Å². The summed E-state index contributed by atoms with van der Waals surface area (Å²) in [6, 6.07) is 0.808. The maximum Gasteiger partial charge on any atom is 0.326 e. The summed E-state index contributed by atoms with van der Waals surface area (Å²) in [5.41, 5.74) is 0.458. The lowest BCUT2D eigenvalue weighted by Crippen LogP contribution is -2.25. The number of rotatable bonds is 3. The van der Waals surface area contributed by atoms with Gasteiger partial charge in [0.25, 0.3) is 0 Å². The predicted octanol–water partition coefficient (Wildman–Crippen LogP) is -0.178. The van der Waals surface area contributed by atoms with Crippen molar-refractivity contribution in [3.63, 3.8) is 0 Å². The van der Waals surface area contributed by atoms with Crippen molar-refractivity contribution in [2.24, 2.45) is 0 Å². The minimum absolute atomic E-state index is 0.458. The highest BCUT2D eigenvalue weighted by atomic mass is 16.4. The Kier molecular flexibility index (Phi) is 2.71. The molecule has 0 saturated heterocycles. The zero-order chi connectivity index (χ0) is 8.97. The molecule has 1 rings (SSSR count). The summed E-state index contributed by atoms with van der Waals surface area (Å²) >= 11 is 0. The van der Waals surface area contributed by atoms with Gasteiger partial charge < -0.3 is 10.4 Å². The fraction of sp³-hybridized carbons (Fsp3) is 0.286. The van der Waals surface area contributed by atoms with Crippen LogP contribution in [0.1, 0.15) is 11.7 Å². The SMILES string of the molecule is CNC(C(=O)O)c1ccncn1.